The molecule has 1 heterocycles. The van der Waals surface area contributed by atoms with Crippen LogP contribution in [-0.4, -0.2) is 29.7 Å². The molecule has 0 aromatic heterocycles. The molecule has 0 radical (unpaired) electrons. The minimum atomic E-state index is -1.44. The number of carbonyl (C=O) groups is 2. The normalized spacial score (nSPS) is 14.8. The molecule has 0 spiro atoms. The molecule has 134 valence electrons. The van der Waals surface area contributed by atoms with Gasteiger partial charge in [-0.05, 0) is 19.1 Å². The minimum Gasteiger partial charge on any atom is -0.606 e. The molecule has 0 fully saturated rings. The van der Waals surface area contributed by atoms with Gasteiger partial charge in [0.05, 0.1) is 0 Å². The molecule has 1 aliphatic rings. The van der Waals surface area contributed by atoms with Crippen molar-refractivity contribution < 1.29 is 23.6 Å². The molecule has 1 aliphatic heterocycles. The summed E-state index contributed by atoms with van der Waals surface area (Å²) in [5.74, 6) is -1.11. The van der Waals surface area contributed by atoms with E-state index >= 15 is 0 Å². The number of hydrogen-bond acceptors (Lipinski definition) is 5. The first-order valence-electron chi connectivity index (χ1n) is 8.10. The van der Waals surface area contributed by atoms with Crippen molar-refractivity contribution in [3.8, 4) is 0 Å². The maximum Gasteiger partial charge on any atom is 0.343 e. The fourth-order valence-corrected chi connectivity index (χ4v) is 4.25. The zero-order valence-corrected chi connectivity index (χ0v) is 15.1. The van der Waals surface area contributed by atoms with Crippen LogP contribution in [0.15, 0.2) is 64.4 Å². The summed E-state index contributed by atoms with van der Waals surface area (Å²) in [5, 5.41) is 0. The highest BCUT2D eigenvalue weighted by Gasteiger charge is 2.33. The first-order valence-corrected chi connectivity index (χ1v) is 9.25. The average Bonchev–Trinajstić information content (AvgIpc) is 2.64. The first-order chi connectivity index (χ1) is 12.5. The molecule has 2 aromatic carbocycles. The number of benzene rings is 2. The van der Waals surface area contributed by atoms with Gasteiger partial charge in [0.2, 0.25) is 0 Å². The van der Waals surface area contributed by atoms with Gasteiger partial charge in [-0.3, -0.25) is 0 Å². The summed E-state index contributed by atoms with van der Waals surface area (Å²) < 4.78 is 23.0. The molecule has 26 heavy (non-hydrogen) atoms. The molecule has 0 saturated heterocycles. The van der Waals surface area contributed by atoms with Crippen LogP contribution in [-0.2, 0) is 31.9 Å². The Morgan fingerprint density at radius 3 is 2.54 bits per heavy atom. The highest BCUT2D eigenvalue weighted by molar-refractivity contribution is 7.91. The maximum atomic E-state index is 13.0. The third-order valence-corrected chi connectivity index (χ3v) is 5.60. The Labute approximate surface area is 154 Å². The maximum absolute atomic E-state index is 13.0. The van der Waals surface area contributed by atoms with Crippen molar-refractivity contribution in [2.45, 2.75) is 23.1 Å². The molecule has 0 bridgehead atoms. The summed E-state index contributed by atoms with van der Waals surface area (Å²) in [5.41, 5.74) is 2.41. The van der Waals surface area contributed by atoms with E-state index in [1.165, 1.54) is 6.92 Å². The van der Waals surface area contributed by atoms with Crippen molar-refractivity contribution in [3.63, 3.8) is 0 Å². The smallest absolute Gasteiger partial charge is 0.343 e. The molecule has 2 aromatic rings. The largest absolute Gasteiger partial charge is 0.606 e. The Bertz CT molecular complexity index is 874. The summed E-state index contributed by atoms with van der Waals surface area (Å²) in [6.07, 6.45) is 0.620. The van der Waals surface area contributed by atoms with Crippen molar-refractivity contribution in [2.75, 3.05) is 13.2 Å². The van der Waals surface area contributed by atoms with Crippen LogP contribution in [0.4, 0.5) is 0 Å². The van der Waals surface area contributed by atoms with Crippen LogP contribution < -0.4 is 0 Å². The second-order valence-corrected chi connectivity index (χ2v) is 7.28. The lowest BCUT2D eigenvalue weighted by molar-refractivity contribution is -0.140. The molecular weight excluding hydrogens is 352 g/mol. The Morgan fingerprint density at radius 2 is 1.77 bits per heavy atom. The average molecular weight is 370 g/mol. The monoisotopic (exact) mass is 370 g/mol. The van der Waals surface area contributed by atoms with Crippen LogP contribution in [0.5, 0.6) is 0 Å². The van der Waals surface area contributed by atoms with Crippen molar-refractivity contribution in [1.29, 1.82) is 0 Å². The Morgan fingerprint density at radius 1 is 1.08 bits per heavy atom. The molecule has 5 nitrogen and oxygen atoms in total. The van der Waals surface area contributed by atoms with Crippen molar-refractivity contribution >= 4 is 23.1 Å². The third-order valence-electron chi connectivity index (χ3n) is 3.95. The minimum absolute atomic E-state index is 0.0572. The lowest BCUT2D eigenvalue weighted by Gasteiger charge is -2.23. The lowest BCUT2D eigenvalue weighted by atomic mass is 10.0. The van der Waals surface area contributed by atoms with E-state index < -0.39 is 23.1 Å². The zero-order chi connectivity index (χ0) is 18.7. The molecule has 0 N–H and O–H groups in total. The van der Waals surface area contributed by atoms with Gasteiger partial charge >= 0.3 is 11.9 Å². The highest BCUT2D eigenvalue weighted by atomic mass is 32.2. The lowest BCUT2D eigenvalue weighted by Crippen LogP contribution is -2.21. The molecule has 6 heteroatoms. The zero-order valence-electron chi connectivity index (χ0n) is 14.3. The van der Waals surface area contributed by atoms with Gasteiger partial charge in [0.1, 0.15) is 18.8 Å². The van der Waals surface area contributed by atoms with Gasteiger partial charge in [-0.2, -0.15) is 0 Å². The fourth-order valence-electron chi connectivity index (χ4n) is 2.72. The van der Waals surface area contributed by atoms with E-state index in [1.807, 2.05) is 30.3 Å². The van der Waals surface area contributed by atoms with Crippen molar-refractivity contribution in [3.05, 3.63) is 71.3 Å². The van der Waals surface area contributed by atoms with Gasteiger partial charge < -0.3 is 14.0 Å². The summed E-state index contributed by atoms with van der Waals surface area (Å²) in [6, 6.07) is 12.7. The van der Waals surface area contributed by atoms with Gasteiger partial charge in [0.25, 0.3) is 0 Å². The number of ether oxygens (including phenoxy) is 2. The molecule has 0 amide bonds. The molecule has 3 rings (SSSR count). The summed E-state index contributed by atoms with van der Waals surface area (Å²) in [6.45, 7) is 4.88. The van der Waals surface area contributed by atoms with E-state index in [2.05, 4.69) is 6.58 Å². The number of rotatable bonds is 5. The van der Waals surface area contributed by atoms with Gasteiger partial charge in [-0.15, -0.1) is 0 Å². The summed E-state index contributed by atoms with van der Waals surface area (Å²) >= 11 is -1.44. The number of esters is 2. The fraction of sp³-hybridized carbons (Fsp3) is 0.200. The van der Waals surface area contributed by atoms with E-state index in [0.29, 0.717) is 11.3 Å². The van der Waals surface area contributed by atoms with E-state index in [4.69, 9.17) is 9.47 Å². The van der Waals surface area contributed by atoms with Gasteiger partial charge in [-0.25, -0.2) is 9.59 Å². The molecule has 0 saturated carbocycles. The van der Waals surface area contributed by atoms with Crippen LogP contribution >= 0.6 is 0 Å². The molecule has 0 aliphatic carbocycles. The second kappa shape index (κ2) is 7.76. The topological polar surface area (TPSA) is 75.7 Å². The van der Waals surface area contributed by atoms with Crippen molar-refractivity contribution in [1.82, 2.24) is 0 Å². The number of fused-ring (bicyclic) bond motifs is 2. The Hall–Kier alpha value is -2.57. The Kier molecular flexibility index (Phi) is 5.44. The molecule has 1 unspecified atom stereocenters. The highest BCUT2D eigenvalue weighted by Crippen LogP contribution is 2.36. The van der Waals surface area contributed by atoms with Crippen LogP contribution in [0.25, 0.3) is 0 Å². The summed E-state index contributed by atoms with van der Waals surface area (Å²) in [7, 11) is 0. The Balaban J connectivity index is 1.73. The van der Waals surface area contributed by atoms with Crippen LogP contribution in [0.3, 0.4) is 0 Å². The quantitative estimate of drug-likeness (QED) is 0.350. The molecule has 1 atom stereocenters. The molecular formula is C20H18O5S. The van der Waals surface area contributed by atoms with E-state index in [-0.39, 0.29) is 24.4 Å². The van der Waals surface area contributed by atoms with E-state index in [1.54, 1.807) is 12.1 Å². The van der Waals surface area contributed by atoms with Gasteiger partial charge in [0, 0.05) is 34.3 Å². The number of hydrogen-bond donors (Lipinski definition) is 0. The van der Waals surface area contributed by atoms with Crippen LogP contribution in [0, 0.1) is 0 Å². The SMILES string of the molecule is C=C(C)C(=O)OCCOC(=O)c1cccc2c1[S+]([O-])c1ccccc1C2. The second-order valence-electron chi connectivity index (χ2n) is 5.90. The van der Waals surface area contributed by atoms with E-state index in [0.717, 1.165) is 16.0 Å². The van der Waals surface area contributed by atoms with Gasteiger partial charge in [0.15, 0.2) is 9.79 Å². The first kappa shape index (κ1) is 18.2. The van der Waals surface area contributed by atoms with Gasteiger partial charge in [-0.1, -0.05) is 36.9 Å². The predicted molar refractivity (Wildman–Crippen MR) is 96.4 cm³/mol. The van der Waals surface area contributed by atoms with Crippen LogP contribution in [0.1, 0.15) is 28.4 Å². The van der Waals surface area contributed by atoms with E-state index in [9.17, 15) is 14.1 Å². The predicted octanol–water partition coefficient (Wildman–Crippen LogP) is 3.03. The van der Waals surface area contributed by atoms with Crippen molar-refractivity contribution in [2.24, 2.45) is 0 Å². The van der Waals surface area contributed by atoms with Crippen LogP contribution in [0.2, 0.25) is 0 Å². The third kappa shape index (κ3) is 3.66. The summed E-state index contributed by atoms with van der Waals surface area (Å²) in [4.78, 5) is 25.0. The number of carbonyl (C=O) groups excluding carboxylic acids is 2. The standard InChI is InChI=1S/C20H18O5S/c1-13(2)19(21)24-10-11-25-20(22)16-8-5-7-15-12-14-6-3-4-9-17(14)26(23)18(15)16/h3-9H,1,10-12H2,2H3.